The maximum atomic E-state index is 13.0. The number of hydrogen-bond donors (Lipinski definition) is 1. The van der Waals surface area contributed by atoms with E-state index in [0.717, 1.165) is 24.1 Å². The molecule has 0 unspecified atom stereocenters. The van der Waals surface area contributed by atoms with E-state index in [1.807, 2.05) is 12.1 Å². The Labute approximate surface area is 173 Å². The van der Waals surface area contributed by atoms with Crippen molar-refractivity contribution < 1.29 is 9.53 Å². The number of piperidine rings is 1. The molecule has 1 aromatic carbocycles. The summed E-state index contributed by atoms with van der Waals surface area (Å²) in [5, 5.41) is 13.4. The number of methoxy groups -OCH3 is 1. The van der Waals surface area contributed by atoms with Crippen LogP contribution in [0, 0.1) is 0 Å². The highest BCUT2D eigenvalue weighted by molar-refractivity contribution is 6.30. The molecule has 0 aliphatic carbocycles. The lowest BCUT2D eigenvalue weighted by Crippen LogP contribution is -2.43. The van der Waals surface area contributed by atoms with Crippen LogP contribution in [0.15, 0.2) is 42.5 Å². The van der Waals surface area contributed by atoms with Gasteiger partial charge in [0.15, 0.2) is 11.5 Å². The fraction of sp³-hybridized carbons (Fsp3) is 0.300. The Morgan fingerprint density at radius 3 is 2.48 bits per heavy atom. The molecule has 8 nitrogen and oxygen atoms in total. The minimum absolute atomic E-state index is 0.118. The quantitative estimate of drug-likeness (QED) is 0.707. The molecule has 150 valence electrons. The lowest BCUT2D eigenvalue weighted by atomic mass is 10.1. The third-order valence-corrected chi connectivity index (χ3v) is 5.20. The third kappa shape index (κ3) is 4.08. The van der Waals surface area contributed by atoms with Gasteiger partial charge in [-0.25, -0.2) is 4.68 Å². The largest absolute Gasteiger partial charge is 0.480 e. The van der Waals surface area contributed by atoms with Gasteiger partial charge in [0.25, 0.3) is 5.91 Å². The van der Waals surface area contributed by atoms with E-state index in [-0.39, 0.29) is 11.9 Å². The minimum Gasteiger partial charge on any atom is -0.480 e. The van der Waals surface area contributed by atoms with Gasteiger partial charge in [-0.05, 0) is 37.1 Å². The summed E-state index contributed by atoms with van der Waals surface area (Å²) in [6.07, 6.45) is 1.58. The number of ether oxygens (including phenoxy) is 1. The van der Waals surface area contributed by atoms with E-state index in [4.69, 9.17) is 22.1 Å². The van der Waals surface area contributed by atoms with Crippen LogP contribution in [0.5, 0.6) is 5.88 Å². The Morgan fingerprint density at radius 1 is 1.14 bits per heavy atom. The summed E-state index contributed by atoms with van der Waals surface area (Å²) in [7, 11) is 1.53. The first kappa shape index (κ1) is 19.4. The third-order valence-electron chi connectivity index (χ3n) is 4.95. The summed E-state index contributed by atoms with van der Waals surface area (Å²) >= 11 is 6.03. The van der Waals surface area contributed by atoms with Crippen molar-refractivity contribution in [2.45, 2.75) is 18.9 Å². The number of nitrogens with two attached hydrogens (primary N) is 1. The van der Waals surface area contributed by atoms with Crippen molar-refractivity contribution in [3.05, 3.63) is 53.2 Å². The number of amides is 1. The minimum atomic E-state index is -0.118. The SMILES string of the molecule is COc1ccc(-n2nc(C(=O)N3CCC(N)CC3)cc2-c2ccc(Cl)cc2)nn1. The maximum absolute atomic E-state index is 13.0. The first-order valence-corrected chi connectivity index (χ1v) is 9.72. The average molecular weight is 413 g/mol. The Bertz CT molecular complexity index is 995. The number of likely N-dealkylation sites (tertiary alicyclic amines) is 1. The lowest BCUT2D eigenvalue weighted by molar-refractivity contribution is 0.0708. The number of benzene rings is 1. The standard InChI is InChI=1S/C20H21ClN6O2/c1-29-19-7-6-18(23-24-19)27-17(13-2-4-14(21)5-3-13)12-16(25-27)20(28)26-10-8-15(22)9-11-26/h2-7,12,15H,8-11,22H2,1H3. The number of hydrogen-bond acceptors (Lipinski definition) is 6. The molecule has 0 bridgehead atoms. The highest BCUT2D eigenvalue weighted by Gasteiger charge is 2.25. The molecule has 29 heavy (non-hydrogen) atoms. The van der Waals surface area contributed by atoms with Crippen LogP contribution in [0.25, 0.3) is 17.1 Å². The molecule has 9 heteroatoms. The van der Waals surface area contributed by atoms with Crippen LogP contribution in [-0.2, 0) is 0 Å². The van der Waals surface area contributed by atoms with Crippen molar-refractivity contribution in [1.82, 2.24) is 24.9 Å². The molecule has 2 N–H and O–H groups in total. The van der Waals surface area contributed by atoms with Gasteiger partial charge in [0.1, 0.15) is 0 Å². The van der Waals surface area contributed by atoms with Crippen LogP contribution in [0.1, 0.15) is 23.3 Å². The number of aromatic nitrogens is 4. The van der Waals surface area contributed by atoms with E-state index in [1.54, 1.807) is 39.9 Å². The highest BCUT2D eigenvalue weighted by Crippen LogP contribution is 2.26. The first-order valence-electron chi connectivity index (χ1n) is 9.34. The van der Waals surface area contributed by atoms with Crippen molar-refractivity contribution in [3.8, 4) is 23.0 Å². The fourth-order valence-electron chi connectivity index (χ4n) is 3.29. The van der Waals surface area contributed by atoms with Gasteiger partial charge < -0.3 is 15.4 Å². The van der Waals surface area contributed by atoms with Crippen molar-refractivity contribution in [2.24, 2.45) is 5.73 Å². The van der Waals surface area contributed by atoms with E-state index in [2.05, 4.69) is 15.3 Å². The zero-order valence-electron chi connectivity index (χ0n) is 16.0. The van der Waals surface area contributed by atoms with E-state index in [0.29, 0.717) is 35.5 Å². The maximum Gasteiger partial charge on any atom is 0.274 e. The fourth-order valence-corrected chi connectivity index (χ4v) is 3.41. The first-order chi connectivity index (χ1) is 14.0. The highest BCUT2D eigenvalue weighted by atomic mass is 35.5. The van der Waals surface area contributed by atoms with Gasteiger partial charge in [-0.3, -0.25) is 4.79 Å². The molecule has 0 spiro atoms. The molecular weight excluding hydrogens is 392 g/mol. The van der Waals surface area contributed by atoms with E-state index < -0.39 is 0 Å². The van der Waals surface area contributed by atoms with Crippen LogP contribution in [0.2, 0.25) is 5.02 Å². The van der Waals surface area contributed by atoms with Crippen LogP contribution in [-0.4, -0.2) is 57.0 Å². The molecule has 1 fully saturated rings. The van der Waals surface area contributed by atoms with E-state index >= 15 is 0 Å². The summed E-state index contributed by atoms with van der Waals surface area (Å²) < 4.78 is 6.69. The van der Waals surface area contributed by atoms with Gasteiger partial charge in [0, 0.05) is 35.8 Å². The zero-order chi connectivity index (χ0) is 20.4. The van der Waals surface area contributed by atoms with Crippen molar-refractivity contribution >= 4 is 17.5 Å². The number of halogens is 1. The van der Waals surface area contributed by atoms with Crippen LogP contribution < -0.4 is 10.5 Å². The summed E-state index contributed by atoms with van der Waals surface area (Å²) in [5.74, 6) is 0.762. The topological polar surface area (TPSA) is 99.2 Å². The summed E-state index contributed by atoms with van der Waals surface area (Å²) in [5.41, 5.74) is 7.89. The number of nitrogens with zero attached hydrogens (tertiary/aromatic N) is 5. The molecule has 3 heterocycles. The predicted octanol–water partition coefficient (Wildman–Crippen LogP) is 2.55. The van der Waals surface area contributed by atoms with Crippen molar-refractivity contribution in [1.29, 1.82) is 0 Å². The van der Waals surface area contributed by atoms with Gasteiger partial charge in [0.2, 0.25) is 5.88 Å². The lowest BCUT2D eigenvalue weighted by Gasteiger charge is -2.29. The number of carbonyl (C=O) groups is 1. The van der Waals surface area contributed by atoms with Crippen LogP contribution in [0.3, 0.4) is 0 Å². The van der Waals surface area contributed by atoms with Crippen LogP contribution in [0.4, 0.5) is 0 Å². The molecule has 0 atom stereocenters. The summed E-state index contributed by atoms with van der Waals surface area (Å²) in [6, 6.07) is 12.7. The van der Waals surface area contributed by atoms with E-state index in [9.17, 15) is 4.79 Å². The summed E-state index contributed by atoms with van der Waals surface area (Å²) in [6.45, 7) is 1.26. The Morgan fingerprint density at radius 2 is 1.86 bits per heavy atom. The Kier molecular flexibility index (Phi) is 5.46. The molecule has 1 aliphatic heterocycles. The molecule has 1 amide bonds. The Balaban J connectivity index is 1.73. The average Bonchev–Trinajstić information content (AvgIpc) is 3.20. The van der Waals surface area contributed by atoms with E-state index in [1.165, 1.54) is 7.11 Å². The second-order valence-corrected chi connectivity index (χ2v) is 7.33. The van der Waals surface area contributed by atoms with Gasteiger partial charge in [0.05, 0.1) is 12.8 Å². The normalized spacial score (nSPS) is 14.8. The Hall–Kier alpha value is -2.97. The molecule has 1 saturated heterocycles. The summed E-state index contributed by atoms with van der Waals surface area (Å²) in [4.78, 5) is 14.8. The molecule has 1 aliphatic rings. The second-order valence-electron chi connectivity index (χ2n) is 6.90. The van der Waals surface area contributed by atoms with Crippen LogP contribution >= 0.6 is 11.6 Å². The second kappa shape index (κ2) is 8.18. The smallest absolute Gasteiger partial charge is 0.274 e. The molecule has 0 radical (unpaired) electrons. The molecular formula is C20H21ClN6O2. The van der Waals surface area contributed by atoms with Gasteiger partial charge >= 0.3 is 0 Å². The zero-order valence-corrected chi connectivity index (χ0v) is 16.7. The molecule has 3 aromatic rings. The number of rotatable bonds is 4. The van der Waals surface area contributed by atoms with Gasteiger partial charge in [-0.1, -0.05) is 23.7 Å². The van der Waals surface area contributed by atoms with Crippen molar-refractivity contribution in [3.63, 3.8) is 0 Å². The van der Waals surface area contributed by atoms with Gasteiger partial charge in [-0.15, -0.1) is 10.2 Å². The monoisotopic (exact) mass is 412 g/mol. The molecule has 0 saturated carbocycles. The molecule has 2 aromatic heterocycles. The predicted molar refractivity (Wildman–Crippen MR) is 109 cm³/mol. The van der Waals surface area contributed by atoms with Crippen molar-refractivity contribution in [2.75, 3.05) is 20.2 Å². The molecule has 4 rings (SSSR count). The van der Waals surface area contributed by atoms with Gasteiger partial charge in [-0.2, -0.15) is 5.10 Å². The number of carbonyl (C=O) groups excluding carboxylic acids is 1.